The van der Waals surface area contributed by atoms with E-state index >= 15 is 0 Å². The predicted octanol–water partition coefficient (Wildman–Crippen LogP) is -2.25. The number of nitrogens with two attached hydrogens (primary N) is 1. The van der Waals surface area contributed by atoms with Gasteiger partial charge in [-0.2, -0.15) is 4.94 Å². The number of nitrogens with one attached hydrogen (secondary N) is 1. The number of oxime groups is 2. The van der Waals surface area contributed by atoms with Crippen molar-refractivity contribution in [1.29, 1.82) is 0 Å². The van der Waals surface area contributed by atoms with E-state index < -0.39 is 5.39 Å². The van der Waals surface area contributed by atoms with Crippen molar-refractivity contribution in [3.63, 3.8) is 0 Å². The number of hydrogen-bond donors (Lipinski definition) is 2. The van der Waals surface area contributed by atoms with Crippen molar-refractivity contribution in [2.45, 2.75) is 0 Å². The molecule has 3 N–H and O–H groups in total. The van der Waals surface area contributed by atoms with Gasteiger partial charge >= 0.3 is 0 Å². The van der Waals surface area contributed by atoms with Crippen LogP contribution in [0.15, 0.2) is 10.3 Å². The van der Waals surface area contributed by atoms with Gasteiger partial charge in [-0.15, -0.1) is 4.94 Å². The first-order valence-corrected chi connectivity index (χ1v) is 1.89. The highest BCUT2D eigenvalue weighted by Crippen LogP contribution is 1.57. The summed E-state index contributed by atoms with van der Waals surface area (Å²) in [7, 11) is 0. The van der Waals surface area contributed by atoms with Crippen molar-refractivity contribution in [2.75, 3.05) is 0 Å². The molecule has 1 atom stereocenters. The average molecular weight is 134 g/mol. The van der Waals surface area contributed by atoms with Crippen LogP contribution in [-0.4, -0.2) is 13.1 Å². The zero-order valence-electron chi connectivity index (χ0n) is 4.48. The second-order valence-electron chi connectivity index (χ2n) is 0.816. The zero-order valence-corrected chi connectivity index (χ0v) is 4.48. The largest absolute Gasteiger partial charge is 0.543 e. The van der Waals surface area contributed by atoms with Gasteiger partial charge in [0.15, 0.2) is 0 Å². The molecule has 0 aliphatic rings. The van der Waals surface area contributed by atoms with Gasteiger partial charge < -0.3 is 10.9 Å². The first-order valence-electron chi connectivity index (χ1n) is 1.89. The Labute approximate surface area is 50.8 Å². The van der Waals surface area contributed by atoms with Crippen LogP contribution in [0.3, 0.4) is 0 Å². The quantitative estimate of drug-likeness (QED) is 0.258. The highest BCUT2D eigenvalue weighted by atomic mass is 17.2. The standard InChI is InChI=1S/C2H6N4O3/c1-4-8-6(7)9-5-2-3/h2,6H,1H2,(H2,3,5). The van der Waals surface area contributed by atoms with Gasteiger partial charge in [-0.1, -0.05) is 0 Å². The van der Waals surface area contributed by atoms with E-state index in [4.69, 9.17) is 5.73 Å². The molecular weight excluding hydrogens is 128 g/mol. The summed E-state index contributed by atoms with van der Waals surface area (Å²) in [5.41, 5.74) is 4.70. The third-order valence-corrected chi connectivity index (χ3v) is 0.327. The summed E-state index contributed by atoms with van der Waals surface area (Å²) in [6.07, 6.45) is 0.796. The number of hydrogen-bond acceptors (Lipinski definition) is 5. The summed E-state index contributed by atoms with van der Waals surface area (Å²) in [4.78, 5) is 7.71. The van der Waals surface area contributed by atoms with Crippen molar-refractivity contribution in [2.24, 2.45) is 16.0 Å². The van der Waals surface area contributed by atoms with Gasteiger partial charge in [-0.25, -0.2) is 0 Å². The van der Waals surface area contributed by atoms with Crippen molar-refractivity contribution in [1.82, 2.24) is 0 Å². The summed E-state index contributed by atoms with van der Waals surface area (Å²) in [6.45, 7) is 2.85. The molecule has 0 aromatic heterocycles. The van der Waals surface area contributed by atoms with Crippen LogP contribution in [0.2, 0.25) is 0 Å². The van der Waals surface area contributed by atoms with Gasteiger partial charge in [0.25, 0.3) is 0 Å². The van der Waals surface area contributed by atoms with Crippen LogP contribution in [0.4, 0.5) is 0 Å². The average Bonchev–Trinajstić information content (AvgIpc) is 1.85. The maximum absolute atomic E-state index is 10.1. The molecule has 0 fully saturated rings. The van der Waals surface area contributed by atoms with E-state index in [-0.39, 0.29) is 0 Å². The van der Waals surface area contributed by atoms with Crippen molar-refractivity contribution in [3.8, 4) is 0 Å². The van der Waals surface area contributed by atoms with Crippen LogP contribution < -0.4 is 11.1 Å². The summed E-state index contributed by atoms with van der Waals surface area (Å²) in [5.74, 6) is 0. The van der Waals surface area contributed by atoms with E-state index in [1.807, 2.05) is 0 Å². The summed E-state index contributed by atoms with van der Waals surface area (Å²) in [5, 5.41) is 14.6. The van der Waals surface area contributed by atoms with E-state index in [1.165, 1.54) is 0 Å². The molecule has 0 aromatic carbocycles. The second kappa shape index (κ2) is 4.81. The number of quaternary nitrogens is 1. The minimum Gasteiger partial charge on any atom is -0.543 e. The lowest BCUT2D eigenvalue weighted by atomic mass is 11.4. The minimum absolute atomic E-state index is 0.796. The predicted molar refractivity (Wildman–Crippen MR) is 28.7 cm³/mol. The molecule has 0 heterocycles. The van der Waals surface area contributed by atoms with Crippen LogP contribution in [0.5, 0.6) is 0 Å². The summed E-state index contributed by atoms with van der Waals surface area (Å²) >= 11 is 0. The van der Waals surface area contributed by atoms with Gasteiger partial charge in [0.2, 0.25) is 0 Å². The van der Waals surface area contributed by atoms with Crippen molar-refractivity contribution < 1.29 is 15.3 Å². The Bertz CT molecular complexity index is 104. The molecular formula is C2H6N4O3. The van der Waals surface area contributed by atoms with Gasteiger partial charge in [0.1, 0.15) is 6.34 Å². The fourth-order valence-electron chi connectivity index (χ4n) is 0.143. The van der Waals surface area contributed by atoms with Crippen molar-refractivity contribution >= 4 is 13.1 Å². The van der Waals surface area contributed by atoms with E-state index in [9.17, 15) is 5.21 Å². The second-order valence-corrected chi connectivity index (χ2v) is 0.816. The van der Waals surface area contributed by atoms with Crippen LogP contribution in [-0.2, 0) is 9.88 Å². The van der Waals surface area contributed by atoms with E-state index in [0.29, 0.717) is 0 Å². The van der Waals surface area contributed by atoms with Crippen LogP contribution >= 0.6 is 0 Å². The molecule has 0 bridgehead atoms. The Hall–Kier alpha value is -1.34. The Morgan fingerprint density at radius 1 is 1.67 bits per heavy atom. The molecule has 52 valence electrons. The highest BCUT2D eigenvalue weighted by molar-refractivity contribution is 5.49. The lowest BCUT2D eigenvalue weighted by molar-refractivity contribution is -1.21. The third kappa shape index (κ3) is 4.51. The van der Waals surface area contributed by atoms with Gasteiger partial charge in [0.05, 0.1) is 5.39 Å². The Morgan fingerprint density at radius 2 is 2.33 bits per heavy atom. The molecule has 7 nitrogen and oxygen atoms in total. The molecule has 0 amide bonds. The molecule has 0 aromatic rings. The molecule has 0 aliphatic heterocycles. The van der Waals surface area contributed by atoms with E-state index in [0.717, 1.165) is 6.34 Å². The van der Waals surface area contributed by atoms with E-state index in [1.54, 1.807) is 0 Å². The SMILES string of the molecule is C=NO[NH+]([O-])ON=CN. The first kappa shape index (κ1) is 7.66. The molecule has 0 rings (SSSR count). The molecule has 0 radical (unpaired) electrons. The van der Waals surface area contributed by atoms with Gasteiger partial charge in [-0.3, -0.25) is 0 Å². The molecule has 0 spiro atoms. The van der Waals surface area contributed by atoms with Gasteiger partial charge in [-0.05, 0) is 10.3 Å². The molecule has 1 unspecified atom stereocenters. The Morgan fingerprint density at radius 3 is 2.78 bits per heavy atom. The summed E-state index contributed by atoms with van der Waals surface area (Å²) < 4.78 is 0. The molecule has 0 aliphatic carbocycles. The molecule has 9 heavy (non-hydrogen) atoms. The topological polar surface area (TPSA) is 96.7 Å². The third-order valence-electron chi connectivity index (χ3n) is 0.327. The monoisotopic (exact) mass is 134 g/mol. The lowest BCUT2D eigenvalue weighted by Crippen LogP contribution is -3.03. The fourth-order valence-corrected chi connectivity index (χ4v) is 0.143. The highest BCUT2D eigenvalue weighted by Gasteiger charge is 1.89. The maximum Gasteiger partial charge on any atom is 0.132 e. The smallest absolute Gasteiger partial charge is 0.132 e. The Balaban J connectivity index is 3.25. The fraction of sp³-hybridized carbons (Fsp3) is 0. The molecule has 7 heteroatoms. The van der Waals surface area contributed by atoms with Crippen molar-refractivity contribution in [3.05, 3.63) is 5.21 Å². The normalized spacial score (nSPS) is 13.0. The Kier molecular flexibility index (Phi) is 4.09. The number of rotatable bonds is 4. The van der Waals surface area contributed by atoms with Crippen LogP contribution in [0.1, 0.15) is 0 Å². The first-order chi connectivity index (χ1) is 4.31. The maximum atomic E-state index is 10.1. The summed E-state index contributed by atoms with van der Waals surface area (Å²) in [6, 6.07) is 0. The van der Waals surface area contributed by atoms with E-state index in [2.05, 4.69) is 26.9 Å². The molecule has 0 saturated carbocycles. The molecule has 0 saturated heterocycles. The van der Waals surface area contributed by atoms with Gasteiger partial charge in [0, 0.05) is 6.72 Å². The number of nitrogens with zero attached hydrogens (tertiary/aromatic N) is 2. The lowest BCUT2D eigenvalue weighted by Gasteiger charge is -2.07. The van der Waals surface area contributed by atoms with Crippen LogP contribution in [0, 0.1) is 5.21 Å². The van der Waals surface area contributed by atoms with Crippen LogP contribution in [0.25, 0.3) is 0 Å². The zero-order chi connectivity index (χ0) is 7.11. The minimum atomic E-state index is -1.08.